The van der Waals surface area contributed by atoms with E-state index in [-0.39, 0.29) is 5.69 Å². The summed E-state index contributed by atoms with van der Waals surface area (Å²) in [6, 6.07) is 18.0. The molecule has 5 N–H and O–H groups in total. The molecule has 0 saturated heterocycles. The minimum Gasteiger partial charge on any atom is -0.364 e. The quantitative estimate of drug-likeness (QED) is 0.607. The maximum Gasteiger partial charge on any atom is 0.269 e. The highest BCUT2D eigenvalue weighted by Gasteiger charge is 2.14. The number of hydrogen-bond acceptors (Lipinski definition) is 5. The van der Waals surface area contributed by atoms with Crippen LogP contribution in [0.4, 0.5) is 0 Å². The number of nitrogens with one attached hydrogen (secondary N) is 1. The maximum absolute atomic E-state index is 11.6. The molecule has 0 aliphatic heterocycles. The molecule has 1 aromatic heterocycles. The van der Waals surface area contributed by atoms with Gasteiger partial charge in [-0.05, 0) is 42.9 Å². The highest BCUT2D eigenvalue weighted by Crippen LogP contribution is 2.22. The Balaban J connectivity index is 0.00000136. The zero-order valence-electron chi connectivity index (χ0n) is 16.0. The summed E-state index contributed by atoms with van der Waals surface area (Å²) >= 11 is 0. The smallest absolute Gasteiger partial charge is 0.269 e. The molecule has 7 heteroatoms. The van der Waals surface area contributed by atoms with Gasteiger partial charge in [-0.25, -0.2) is 4.68 Å². The number of carbonyl (C=O) groups is 1. The Morgan fingerprint density at radius 2 is 1.68 bits per heavy atom. The largest absolute Gasteiger partial charge is 0.364 e. The van der Waals surface area contributed by atoms with Gasteiger partial charge in [0, 0.05) is 18.3 Å². The summed E-state index contributed by atoms with van der Waals surface area (Å²) in [5.41, 5.74) is 14.9. The lowest BCUT2D eigenvalue weighted by Gasteiger charge is -2.05. The van der Waals surface area contributed by atoms with Crippen LogP contribution in [0.5, 0.6) is 0 Å². The van der Waals surface area contributed by atoms with Gasteiger partial charge in [0.1, 0.15) is 0 Å². The zero-order valence-corrected chi connectivity index (χ0v) is 16.0. The molecule has 0 spiro atoms. The van der Waals surface area contributed by atoms with Crippen LogP contribution in [-0.2, 0) is 13.0 Å². The van der Waals surface area contributed by atoms with Crippen LogP contribution in [0.2, 0.25) is 0 Å². The molecule has 0 fully saturated rings. The van der Waals surface area contributed by atoms with Crippen LogP contribution in [0.3, 0.4) is 0 Å². The van der Waals surface area contributed by atoms with E-state index in [9.17, 15) is 4.79 Å². The molecule has 1 amide bonds. The average Bonchev–Trinajstić information content (AvgIpc) is 3.15. The third-order valence-electron chi connectivity index (χ3n) is 4.09. The van der Waals surface area contributed by atoms with Crippen LogP contribution in [-0.4, -0.2) is 29.8 Å². The third-order valence-corrected chi connectivity index (χ3v) is 4.09. The number of nitrogens with two attached hydrogens (primary N) is 2. The van der Waals surface area contributed by atoms with Crippen LogP contribution < -0.4 is 16.8 Å². The van der Waals surface area contributed by atoms with E-state index in [0.29, 0.717) is 13.0 Å². The summed E-state index contributed by atoms with van der Waals surface area (Å²) in [7, 11) is 3.30. The molecule has 0 aliphatic rings. The lowest BCUT2D eigenvalue weighted by atomic mass is 10.0. The summed E-state index contributed by atoms with van der Waals surface area (Å²) < 4.78 is 1.66. The number of amides is 1. The molecule has 0 atom stereocenters. The highest BCUT2D eigenvalue weighted by molar-refractivity contribution is 5.92. The summed E-state index contributed by atoms with van der Waals surface area (Å²) in [6.07, 6.45) is 2.22. The summed E-state index contributed by atoms with van der Waals surface area (Å²) in [6.45, 7) is 0.519. The predicted octanol–water partition coefficient (Wildman–Crippen LogP) is 2.00. The van der Waals surface area contributed by atoms with Gasteiger partial charge in [0.05, 0.1) is 18.2 Å². The molecule has 3 rings (SSSR count). The lowest BCUT2D eigenvalue weighted by Crippen LogP contribution is -2.16. The van der Waals surface area contributed by atoms with E-state index in [2.05, 4.69) is 22.2 Å². The molecular weight excluding hydrogens is 352 g/mol. The number of benzene rings is 2. The minimum absolute atomic E-state index is 0.275. The SMILES string of the molecule is CN.CNCc1cn(-c2ccc(-c3ccc(CC#N)cc3)cc2)nc1C(N)=O. The van der Waals surface area contributed by atoms with Gasteiger partial charge < -0.3 is 16.8 Å². The van der Waals surface area contributed by atoms with Gasteiger partial charge in [0.15, 0.2) is 5.69 Å². The molecule has 0 radical (unpaired) electrons. The predicted molar refractivity (Wildman–Crippen MR) is 110 cm³/mol. The fourth-order valence-electron chi connectivity index (χ4n) is 2.78. The Morgan fingerprint density at radius 1 is 1.11 bits per heavy atom. The number of primary amides is 1. The van der Waals surface area contributed by atoms with Crippen molar-refractivity contribution in [3.63, 3.8) is 0 Å². The molecule has 3 aromatic rings. The summed E-state index contributed by atoms with van der Waals surface area (Å²) in [5.74, 6) is -0.539. The van der Waals surface area contributed by atoms with Gasteiger partial charge in [-0.15, -0.1) is 0 Å². The fraction of sp³-hybridized carbons (Fsp3) is 0.190. The van der Waals surface area contributed by atoms with Gasteiger partial charge in [0.2, 0.25) is 0 Å². The first-order valence-electron chi connectivity index (χ1n) is 8.79. The summed E-state index contributed by atoms with van der Waals surface area (Å²) in [4.78, 5) is 11.6. The second kappa shape index (κ2) is 10.0. The molecule has 0 bridgehead atoms. The van der Waals surface area contributed by atoms with Crippen molar-refractivity contribution in [1.29, 1.82) is 5.26 Å². The minimum atomic E-state index is -0.539. The van der Waals surface area contributed by atoms with E-state index in [0.717, 1.165) is 27.9 Å². The Bertz CT molecular complexity index is 952. The Labute approximate surface area is 164 Å². The van der Waals surface area contributed by atoms with E-state index in [1.54, 1.807) is 11.7 Å². The van der Waals surface area contributed by atoms with Gasteiger partial charge >= 0.3 is 0 Å². The molecule has 1 heterocycles. The normalized spacial score (nSPS) is 9.93. The molecule has 28 heavy (non-hydrogen) atoms. The van der Waals surface area contributed by atoms with Crippen molar-refractivity contribution < 1.29 is 4.79 Å². The Morgan fingerprint density at radius 3 is 2.18 bits per heavy atom. The van der Waals surface area contributed by atoms with Gasteiger partial charge in [0.25, 0.3) is 5.91 Å². The van der Waals surface area contributed by atoms with Crippen molar-refractivity contribution in [2.24, 2.45) is 11.5 Å². The second-order valence-corrected chi connectivity index (χ2v) is 5.92. The van der Waals surface area contributed by atoms with Gasteiger partial charge in [-0.1, -0.05) is 36.4 Å². The van der Waals surface area contributed by atoms with E-state index < -0.39 is 5.91 Å². The molecule has 0 unspecified atom stereocenters. The summed E-state index contributed by atoms with van der Waals surface area (Å²) in [5, 5.41) is 16.1. The number of rotatable bonds is 6. The monoisotopic (exact) mass is 376 g/mol. The molecule has 144 valence electrons. The van der Waals surface area contributed by atoms with Crippen molar-refractivity contribution in [3.05, 3.63) is 71.5 Å². The first-order chi connectivity index (χ1) is 13.6. The molecule has 7 nitrogen and oxygen atoms in total. The van der Waals surface area contributed by atoms with Crippen molar-refractivity contribution in [2.45, 2.75) is 13.0 Å². The van der Waals surface area contributed by atoms with Crippen molar-refractivity contribution in [2.75, 3.05) is 14.1 Å². The maximum atomic E-state index is 11.6. The van der Waals surface area contributed by atoms with Crippen LogP contribution in [0.1, 0.15) is 21.6 Å². The Kier molecular flexibility index (Phi) is 7.45. The van der Waals surface area contributed by atoms with Crippen molar-refractivity contribution in [1.82, 2.24) is 15.1 Å². The molecule has 0 saturated carbocycles. The number of aromatic nitrogens is 2. The molecular formula is C21H24N6O. The van der Waals surface area contributed by atoms with E-state index in [1.807, 2.05) is 54.7 Å². The fourth-order valence-corrected chi connectivity index (χ4v) is 2.78. The van der Waals surface area contributed by atoms with Crippen molar-refractivity contribution in [3.8, 4) is 22.9 Å². The molecule has 2 aromatic carbocycles. The van der Waals surface area contributed by atoms with E-state index in [4.69, 9.17) is 11.0 Å². The number of carbonyl (C=O) groups excluding carboxylic acids is 1. The van der Waals surface area contributed by atoms with Gasteiger partial charge in [-0.3, -0.25) is 4.79 Å². The number of nitrogens with zero attached hydrogens (tertiary/aromatic N) is 3. The van der Waals surface area contributed by atoms with Crippen molar-refractivity contribution >= 4 is 5.91 Å². The van der Waals surface area contributed by atoms with E-state index in [1.165, 1.54) is 7.05 Å². The van der Waals surface area contributed by atoms with Crippen LogP contribution in [0.25, 0.3) is 16.8 Å². The standard InChI is InChI=1S/C20H19N5O.CH5N/c1-23-12-17-13-25(24-19(17)20(22)26)18-8-6-16(7-9-18)15-4-2-14(3-5-15)10-11-21;1-2/h2-9,13,23H,10,12H2,1H3,(H2,22,26);2H2,1H3. The number of nitriles is 1. The second-order valence-electron chi connectivity index (χ2n) is 5.92. The van der Waals surface area contributed by atoms with E-state index >= 15 is 0 Å². The van der Waals surface area contributed by atoms with Crippen LogP contribution in [0, 0.1) is 11.3 Å². The highest BCUT2D eigenvalue weighted by atomic mass is 16.1. The third kappa shape index (κ3) is 4.82. The van der Waals surface area contributed by atoms with Gasteiger partial charge in [-0.2, -0.15) is 10.4 Å². The zero-order chi connectivity index (χ0) is 20.5. The molecule has 0 aliphatic carbocycles. The average molecular weight is 376 g/mol. The first-order valence-corrected chi connectivity index (χ1v) is 8.79. The topological polar surface area (TPSA) is 123 Å². The van der Waals surface area contributed by atoms with Crippen LogP contribution >= 0.6 is 0 Å². The Hall–Kier alpha value is -3.47. The number of hydrogen-bond donors (Lipinski definition) is 3. The lowest BCUT2D eigenvalue weighted by molar-refractivity contribution is 0.0994. The van der Waals surface area contributed by atoms with Crippen LogP contribution in [0.15, 0.2) is 54.7 Å². The first kappa shape index (κ1) is 20.8.